The van der Waals surface area contributed by atoms with Crippen molar-refractivity contribution in [1.29, 1.82) is 0 Å². The second-order valence-corrected chi connectivity index (χ2v) is 6.33. The van der Waals surface area contributed by atoms with Crippen molar-refractivity contribution in [3.8, 4) is 5.75 Å². The third kappa shape index (κ3) is 3.50. The van der Waals surface area contributed by atoms with Gasteiger partial charge in [-0.1, -0.05) is 56.3 Å². The first-order chi connectivity index (χ1) is 10.7. The zero-order valence-corrected chi connectivity index (χ0v) is 13.5. The van der Waals surface area contributed by atoms with E-state index < -0.39 is 0 Å². The Morgan fingerprint density at radius 2 is 1.95 bits per heavy atom. The quantitative estimate of drug-likeness (QED) is 0.879. The van der Waals surface area contributed by atoms with E-state index in [4.69, 9.17) is 4.74 Å². The number of fused-ring (bicyclic) bond motifs is 1. The molecule has 2 aromatic rings. The fourth-order valence-corrected chi connectivity index (χ4v) is 3.02. The summed E-state index contributed by atoms with van der Waals surface area (Å²) in [4.78, 5) is 0. The summed E-state index contributed by atoms with van der Waals surface area (Å²) < 4.78 is 5.81. The summed E-state index contributed by atoms with van der Waals surface area (Å²) in [6.45, 7) is 6.28. The number of ether oxygens (including phenoxy) is 1. The van der Waals surface area contributed by atoms with E-state index in [0.717, 1.165) is 31.7 Å². The van der Waals surface area contributed by atoms with E-state index in [0.29, 0.717) is 12.0 Å². The molecule has 1 aliphatic rings. The molecule has 0 aromatic heterocycles. The largest absolute Gasteiger partial charge is 0.493 e. The number of hydrogen-bond acceptors (Lipinski definition) is 2. The van der Waals surface area contributed by atoms with Gasteiger partial charge in [0.1, 0.15) is 5.75 Å². The normalized spacial score (nSPS) is 17.1. The van der Waals surface area contributed by atoms with Gasteiger partial charge in [0.15, 0.2) is 0 Å². The molecule has 0 spiro atoms. The van der Waals surface area contributed by atoms with E-state index in [1.165, 1.54) is 16.7 Å². The first-order valence-electron chi connectivity index (χ1n) is 8.28. The molecule has 2 heteroatoms. The minimum absolute atomic E-state index is 0.408. The van der Waals surface area contributed by atoms with Crippen molar-refractivity contribution in [3.63, 3.8) is 0 Å². The van der Waals surface area contributed by atoms with Crippen molar-refractivity contribution in [3.05, 3.63) is 65.2 Å². The standard InChI is InChI=1S/C20H25NO/c1-15(2)17-8-9-20-18(14-17)19(11-13-22-20)21-12-10-16-6-4-3-5-7-16/h3-9,14-15,19,21H,10-13H2,1-2H3. The molecular weight excluding hydrogens is 270 g/mol. The van der Waals surface area contributed by atoms with Crippen molar-refractivity contribution in [1.82, 2.24) is 5.32 Å². The third-order valence-electron chi connectivity index (χ3n) is 4.39. The molecule has 0 bridgehead atoms. The van der Waals surface area contributed by atoms with Gasteiger partial charge in [0.05, 0.1) is 6.61 Å². The predicted octanol–water partition coefficient (Wildman–Crippen LogP) is 4.47. The predicted molar refractivity (Wildman–Crippen MR) is 91.5 cm³/mol. The van der Waals surface area contributed by atoms with Crippen molar-refractivity contribution < 1.29 is 4.74 Å². The van der Waals surface area contributed by atoms with Crippen LogP contribution >= 0.6 is 0 Å². The molecule has 1 atom stereocenters. The smallest absolute Gasteiger partial charge is 0.124 e. The molecule has 0 amide bonds. The van der Waals surface area contributed by atoms with Crippen molar-refractivity contribution >= 4 is 0 Å². The minimum Gasteiger partial charge on any atom is -0.493 e. The first-order valence-corrected chi connectivity index (χ1v) is 8.28. The Morgan fingerprint density at radius 1 is 1.14 bits per heavy atom. The molecule has 1 unspecified atom stereocenters. The van der Waals surface area contributed by atoms with Crippen molar-refractivity contribution in [2.75, 3.05) is 13.2 Å². The maximum absolute atomic E-state index is 5.81. The van der Waals surface area contributed by atoms with Crippen LogP contribution in [0.3, 0.4) is 0 Å². The van der Waals surface area contributed by atoms with Gasteiger partial charge in [-0.3, -0.25) is 0 Å². The second-order valence-electron chi connectivity index (χ2n) is 6.33. The number of nitrogens with one attached hydrogen (secondary N) is 1. The molecular formula is C20H25NO. The molecule has 0 fully saturated rings. The zero-order valence-electron chi connectivity index (χ0n) is 13.5. The van der Waals surface area contributed by atoms with Gasteiger partial charge in [-0.05, 0) is 36.1 Å². The van der Waals surface area contributed by atoms with Gasteiger partial charge in [0, 0.05) is 18.0 Å². The molecule has 0 saturated heterocycles. The maximum atomic E-state index is 5.81. The van der Waals surface area contributed by atoms with Crippen LogP contribution in [0.2, 0.25) is 0 Å². The van der Waals surface area contributed by atoms with Crippen LogP contribution < -0.4 is 10.1 Å². The average Bonchev–Trinajstić information content (AvgIpc) is 2.55. The summed E-state index contributed by atoms with van der Waals surface area (Å²) in [6.07, 6.45) is 2.11. The summed E-state index contributed by atoms with van der Waals surface area (Å²) in [5.74, 6) is 1.60. The molecule has 2 aromatic carbocycles. The van der Waals surface area contributed by atoms with Gasteiger partial charge >= 0.3 is 0 Å². The maximum Gasteiger partial charge on any atom is 0.124 e. The molecule has 3 rings (SSSR count). The fourth-order valence-electron chi connectivity index (χ4n) is 3.02. The highest BCUT2D eigenvalue weighted by molar-refractivity contribution is 5.41. The molecule has 1 heterocycles. The number of rotatable bonds is 5. The SMILES string of the molecule is CC(C)c1ccc2c(c1)C(NCCc1ccccc1)CCO2. The fraction of sp³-hybridized carbons (Fsp3) is 0.400. The monoisotopic (exact) mass is 295 g/mol. The summed E-state index contributed by atoms with van der Waals surface area (Å²) in [7, 11) is 0. The summed E-state index contributed by atoms with van der Waals surface area (Å²) in [6, 6.07) is 17.7. The van der Waals surface area contributed by atoms with Crippen LogP contribution in [0.1, 0.15) is 48.9 Å². The Labute approximate surface area is 133 Å². The van der Waals surface area contributed by atoms with Crippen LogP contribution in [0.4, 0.5) is 0 Å². The Bertz CT molecular complexity index is 606. The lowest BCUT2D eigenvalue weighted by atomic mass is 9.94. The topological polar surface area (TPSA) is 21.3 Å². The molecule has 22 heavy (non-hydrogen) atoms. The number of benzene rings is 2. The van der Waals surface area contributed by atoms with Crippen LogP contribution in [0.5, 0.6) is 5.75 Å². The van der Waals surface area contributed by atoms with Crippen molar-refractivity contribution in [2.24, 2.45) is 0 Å². The van der Waals surface area contributed by atoms with Gasteiger partial charge in [0.2, 0.25) is 0 Å². The summed E-state index contributed by atoms with van der Waals surface area (Å²) >= 11 is 0. The molecule has 2 nitrogen and oxygen atoms in total. The Hall–Kier alpha value is -1.80. The highest BCUT2D eigenvalue weighted by Crippen LogP contribution is 2.34. The highest BCUT2D eigenvalue weighted by atomic mass is 16.5. The van der Waals surface area contributed by atoms with E-state index in [9.17, 15) is 0 Å². The van der Waals surface area contributed by atoms with Crippen LogP contribution in [-0.2, 0) is 6.42 Å². The van der Waals surface area contributed by atoms with Crippen LogP contribution in [0.15, 0.2) is 48.5 Å². The van der Waals surface area contributed by atoms with Crippen LogP contribution in [-0.4, -0.2) is 13.2 Å². The molecule has 0 saturated carbocycles. The lowest BCUT2D eigenvalue weighted by Crippen LogP contribution is -2.28. The summed E-state index contributed by atoms with van der Waals surface area (Å²) in [5.41, 5.74) is 4.10. The number of hydrogen-bond donors (Lipinski definition) is 1. The first kappa shape index (κ1) is 15.1. The van der Waals surface area contributed by atoms with Gasteiger partial charge in [0.25, 0.3) is 0 Å². The molecule has 0 aliphatic carbocycles. The lowest BCUT2D eigenvalue weighted by molar-refractivity contribution is 0.253. The highest BCUT2D eigenvalue weighted by Gasteiger charge is 2.21. The van der Waals surface area contributed by atoms with Gasteiger partial charge < -0.3 is 10.1 Å². The third-order valence-corrected chi connectivity index (χ3v) is 4.39. The van der Waals surface area contributed by atoms with E-state index >= 15 is 0 Å². The van der Waals surface area contributed by atoms with Gasteiger partial charge in [-0.25, -0.2) is 0 Å². The minimum atomic E-state index is 0.408. The Morgan fingerprint density at radius 3 is 2.73 bits per heavy atom. The summed E-state index contributed by atoms with van der Waals surface area (Å²) in [5, 5.41) is 3.71. The Kier molecular flexibility index (Phi) is 4.79. The van der Waals surface area contributed by atoms with Gasteiger partial charge in [-0.15, -0.1) is 0 Å². The molecule has 116 valence electrons. The Balaban J connectivity index is 1.67. The lowest BCUT2D eigenvalue weighted by Gasteiger charge is -2.28. The molecule has 1 N–H and O–H groups in total. The van der Waals surface area contributed by atoms with E-state index in [1.807, 2.05) is 0 Å². The molecule has 1 aliphatic heterocycles. The average molecular weight is 295 g/mol. The van der Waals surface area contributed by atoms with Crippen molar-refractivity contribution in [2.45, 2.75) is 38.6 Å². The second kappa shape index (κ2) is 6.97. The van der Waals surface area contributed by atoms with E-state index in [-0.39, 0.29) is 0 Å². The zero-order chi connectivity index (χ0) is 15.4. The van der Waals surface area contributed by atoms with Crippen LogP contribution in [0, 0.1) is 0 Å². The van der Waals surface area contributed by atoms with E-state index in [2.05, 4.69) is 67.7 Å². The molecule has 0 radical (unpaired) electrons. The van der Waals surface area contributed by atoms with Gasteiger partial charge in [-0.2, -0.15) is 0 Å². The van der Waals surface area contributed by atoms with Crippen LogP contribution in [0.25, 0.3) is 0 Å². The van der Waals surface area contributed by atoms with E-state index in [1.54, 1.807) is 0 Å².